The number of rotatable bonds is 27. The fourth-order valence-corrected chi connectivity index (χ4v) is 6.42. The van der Waals surface area contributed by atoms with Crippen LogP contribution in [0, 0.1) is 11.8 Å². The highest BCUT2D eigenvalue weighted by Gasteiger charge is 2.34. The topological polar surface area (TPSA) is 304 Å². The number of nitrogens with one attached hydrogen (secondary N) is 7. The maximum absolute atomic E-state index is 13.5. The number of thiol groups is 2. The minimum Gasteiger partial charge on any atom is -0.481 e. The first kappa shape index (κ1) is 53.5. The van der Waals surface area contributed by atoms with Crippen LogP contribution in [-0.4, -0.2) is 135 Å². The lowest BCUT2D eigenvalue weighted by atomic mass is 9.98. The Morgan fingerprint density at radius 2 is 1.05 bits per heavy atom. The maximum atomic E-state index is 13.5. The summed E-state index contributed by atoms with van der Waals surface area (Å²) in [5, 5.41) is 36.1. The van der Waals surface area contributed by atoms with Crippen molar-refractivity contribution in [3.63, 3.8) is 0 Å². The van der Waals surface area contributed by atoms with Gasteiger partial charge in [-0.15, -0.1) is 0 Å². The summed E-state index contributed by atoms with van der Waals surface area (Å²) < 4.78 is 0. The summed E-state index contributed by atoms with van der Waals surface area (Å²) in [6.07, 6.45) is 1.12. The van der Waals surface area contributed by atoms with Crippen molar-refractivity contribution in [1.82, 2.24) is 37.2 Å². The van der Waals surface area contributed by atoms with E-state index in [-0.39, 0.29) is 24.3 Å². The number of amides is 7. The molecule has 0 aliphatic heterocycles. The van der Waals surface area contributed by atoms with E-state index >= 15 is 0 Å². The molecular formula is C38H60N8O11S3. The average Bonchev–Trinajstić information content (AvgIpc) is 3.19. The Bertz CT molecular complexity index is 1640. The third-order valence-electron chi connectivity index (χ3n) is 9.02. The molecule has 0 bridgehead atoms. The molecule has 0 fully saturated rings. The van der Waals surface area contributed by atoms with Crippen LogP contribution in [0.15, 0.2) is 30.3 Å². The van der Waals surface area contributed by atoms with E-state index in [2.05, 4.69) is 62.5 Å². The van der Waals surface area contributed by atoms with Crippen LogP contribution < -0.4 is 43.0 Å². The van der Waals surface area contributed by atoms with Crippen LogP contribution in [0.4, 0.5) is 0 Å². The smallest absolute Gasteiger partial charge is 0.326 e. The second kappa shape index (κ2) is 27.3. The largest absolute Gasteiger partial charge is 0.481 e. The molecule has 0 unspecified atom stereocenters. The summed E-state index contributed by atoms with van der Waals surface area (Å²) >= 11 is 9.58. The maximum Gasteiger partial charge on any atom is 0.326 e. The highest BCUT2D eigenvalue weighted by atomic mass is 32.2. The molecule has 1 aromatic rings. The van der Waals surface area contributed by atoms with Gasteiger partial charge in [0.25, 0.3) is 0 Å². The number of thioether (sulfide) groups is 1. The van der Waals surface area contributed by atoms with Crippen LogP contribution in [-0.2, 0) is 49.6 Å². The van der Waals surface area contributed by atoms with Crippen molar-refractivity contribution >= 4 is 90.3 Å². The summed E-state index contributed by atoms with van der Waals surface area (Å²) in [6.45, 7) is 8.01. The number of carboxylic acid groups (broad SMARTS) is 2. The van der Waals surface area contributed by atoms with Crippen molar-refractivity contribution in [1.29, 1.82) is 0 Å². The van der Waals surface area contributed by atoms with Crippen LogP contribution in [0.3, 0.4) is 0 Å². The second-order valence-corrected chi connectivity index (χ2v) is 16.4. The molecule has 0 saturated carbocycles. The van der Waals surface area contributed by atoms with Crippen molar-refractivity contribution in [3.05, 3.63) is 35.9 Å². The lowest BCUT2D eigenvalue weighted by Gasteiger charge is -2.29. The molecule has 1 rings (SSSR count). The van der Waals surface area contributed by atoms with Crippen molar-refractivity contribution in [2.75, 3.05) is 23.5 Å². The summed E-state index contributed by atoms with van der Waals surface area (Å²) in [5.74, 6) is -9.19. The summed E-state index contributed by atoms with van der Waals surface area (Å²) in [4.78, 5) is 116. The van der Waals surface area contributed by atoms with E-state index in [1.807, 2.05) is 30.3 Å². The van der Waals surface area contributed by atoms with E-state index in [0.717, 1.165) is 5.56 Å². The van der Waals surface area contributed by atoms with Crippen molar-refractivity contribution in [2.24, 2.45) is 17.6 Å². The molecule has 336 valence electrons. The molecule has 1 aromatic carbocycles. The van der Waals surface area contributed by atoms with E-state index in [1.165, 1.54) is 18.7 Å². The molecule has 22 heteroatoms. The van der Waals surface area contributed by atoms with Crippen LogP contribution in [0.5, 0.6) is 0 Å². The Hall–Kier alpha value is -4.54. The molecule has 0 radical (unpaired) electrons. The average molecular weight is 901 g/mol. The third-order valence-corrected chi connectivity index (χ3v) is 10.4. The predicted octanol–water partition coefficient (Wildman–Crippen LogP) is -1.16. The fourth-order valence-electron chi connectivity index (χ4n) is 5.43. The molecule has 11 N–H and O–H groups in total. The zero-order valence-electron chi connectivity index (χ0n) is 34.6. The first-order valence-corrected chi connectivity index (χ1v) is 21.9. The summed E-state index contributed by atoms with van der Waals surface area (Å²) in [5.41, 5.74) is 6.95. The standard InChI is InChI=1S/C38H60N8O11S3/c1-19(2)29(46-37(55)30(20(3)4)45-32(50)23(39)16-22-10-8-7-9-11-22)36(54)40-21(5)31(49)41-24(12-13-28(47)48)33(51)43-27(18-59)35(53)44-26(17-58)34(52)42-25(38(56)57)14-15-60-6/h7-11,19-21,23-27,29-30,58-59H,12-18,39H2,1-6H3,(H,40,54)(H,41,49)(H,42,52)(H,43,51)(H,44,53)(H,45,50)(H,46,55)(H,47,48)(H,56,57)/t21-,23-,24-,25-,26-,27-,29-,30-/m0/s1. The molecule has 0 aliphatic rings. The van der Waals surface area contributed by atoms with E-state index in [4.69, 9.17) is 5.73 Å². The summed E-state index contributed by atoms with van der Waals surface area (Å²) in [7, 11) is 0. The van der Waals surface area contributed by atoms with Gasteiger partial charge in [0, 0.05) is 17.9 Å². The lowest BCUT2D eigenvalue weighted by Crippen LogP contribution is -2.61. The molecular weight excluding hydrogens is 841 g/mol. The SMILES string of the molecule is CSCC[C@H](NC(=O)[C@H](CS)NC(=O)[C@H](CS)NC(=O)[C@H](CCC(=O)O)NC(=O)[C@H](C)NC(=O)[C@@H](NC(=O)[C@@H](NC(=O)[C@@H](N)Cc1ccccc1)C(C)C)C(C)C)C(=O)O. The first-order valence-electron chi connectivity index (χ1n) is 19.2. The zero-order valence-corrected chi connectivity index (χ0v) is 37.2. The van der Waals surface area contributed by atoms with Gasteiger partial charge in [0.05, 0.1) is 6.04 Å². The Balaban J connectivity index is 3.03. The van der Waals surface area contributed by atoms with Crippen LogP contribution >= 0.6 is 37.0 Å². The van der Waals surface area contributed by atoms with Crippen LogP contribution in [0.1, 0.15) is 59.4 Å². The number of hydrogen-bond acceptors (Lipinski definition) is 13. The lowest BCUT2D eigenvalue weighted by molar-refractivity contribution is -0.142. The quantitative estimate of drug-likeness (QED) is 0.0465. The molecule has 60 heavy (non-hydrogen) atoms. The number of hydrogen-bond donors (Lipinski definition) is 12. The summed E-state index contributed by atoms with van der Waals surface area (Å²) in [6, 6.07) is -0.887. The van der Waals surface area contributed by atoms with Crippen LogP contribution in [0.2, 0.25) is 0 Å². The molecule has 19 nitrogen and oxygen atoms in total. The van der Waals surface area contributed by atoms with Gasteiger partial charge in [-0.25, -0.2) is 4.79 Å². The van der Waals surface area contributed by atoms with E-state index in [1.54, 1.807) is 34.0 Å². The number of benzene rings is 1. The molecule has 0 aromatic heterocycles. The van der Waals surface area contributed by atoms with Gasteiger partial charge in [-0.1, -0.05) is 58.0 Å². The molecule has 0 saturated heterocycles. The Kier molecular flexibility index (Phi) is 24.4. The van der Waals surface area contributed by atoms with Crippen molar-refractivity contribution in [3.8, 4) is 0 Å². The van der Waals surface area contributed by atoms with E-state index in [9.17, 15) is 53.4 Å². The van der Waals surface area contributed by atoms with Crippen LogP contribution in [0.25, 0.3) is 0 Å². The normalized spacial score (nSPS) is 15.1. The third kappa shape index (κ3) is 18.8. The van der Waals surface area contributed by atoms with Gasteiger partial charge >= 0.3 is 11.9 Å². The Labute approximate surface area is 365 Å². The number of aliphatic carboxylic acids is 2. The van der Waals surface area contributed by atoms with Gasteiger partial charge in [-0.05, 0) is 55.6 Å². The molecule has 0 spiro atoms. The van der Waals surface area contributed by atoms with Gasteiger partial charge in [0.15, 0.2) is 0 Å². The van der Waals surface area contributed by atoms with E-state index in [0.29, 0.717) is 5.75 Å². The molecule has 0 heterocycles. The first-order chi connectivity index (χ1) is 28.2. The van der Waals surface area contributed by atoms with Crippen molar-refractivity contribution < 1.29 is 53.4 Å². The highest BCUT2D eigenvalue weighted by molar-refractivity contribution is 7.98. The molecule has 0 aliphatic carbocycles. The number of carbonyl (C=O) groups excluding carboxylic acids is 7. The minimum absolute atomic E-state index is 0.122. The zero-order chi connectivity index (χ0) is 45.7. The number of carboxylic acids is 2. The van der Waals surface area contributed by atoms with Crippen molar-refractivity contribution in [2.45, 2.75) is 109 Å². The van der Waals surface area contributed by atoms with Gasteiger partial charge < -0.3 is 53.2 Å². The predicted molar refractivity (Wildman–Crippen MR) is 232 cm³/mol. The van der Waals surface area contributed by atoms with Gasteiger partial charge in [0.2, 0.25) is 41.4 Å². The van der Waals surface area contributed by atoms with Gasteiger partial charge in [0.1, 0.15) is 42.3 Å². The van der Waals surface area contributed by atoms with E-state index < -0.39 is 126 Å². The molecule has 8 atom stereocenters. The highest BCUT2D eigenvalue weighted by Crippen LogP contribution is 2.10. The molecule has 7 amide bonds. The number of nitrogens with two attached hydrogens (primary N) is 1. The number of carbonyl (C=O) groups is 9. The minimum atomic E-state index is -1.52. The monoisotopic (exact) mass is 900 g/mol. The Morgan fingerprint density at radius 1 is 0.600 bits per heavy atom. The second-order valence-electron chi connectivity index (χ2n) is 14.6. The fraction of sp³-hybridized carbons (Fsp3) is 0.605. The van der Waals surface area contributed by atoms with Gasteiger partial charge in [-0.2, -0.15) is 37.0 Å². The van der Waals surface area contributed by atoms with Gasteiger partial charge in [-0.3, -0.25) is 38.4 Å². The Morgan fingerprint density at radius 3 is 1.50 bits per heavy atom.